The molecule has 0 saturated carbocycles. The van der Waals surface area contributed by atoms with Crippen LogP contribution >= 0.6 is 0 Å². The second-order valence-corrected chi connectivity index (χ2v) is 7.29. The predicted molar refractivity (Wildman–Crippen MR) is 109 cm³/mol. The van der Waals surface area contributed by atoms with E-state index in [1.807, 2.05) is 49.4 Å². The Hall–Kier alpha value is -3.40. The number of carbonyl (C=O) groups is 2. The fraction of sp³-hybridized carbons (Fsp3) is 0.167. The summed E-state index contributed by atoms with van der Waals surface area (Å²) in [6.07, 6.45) is 0. The third-order valence-corrected chi connectivity index (χ3v) is 5.36. The number of ketones is 1. The van der Waals surface area contributed by atoms with Gasteiger partial charge in [-0.25, -0.2) is 0 Å². The highest BCUT2D eigenvalue weighted by atomic mass is 16.3. The third-order valence-electron chi connectivity index (χ3n) is 5.36. The molecule has 0 saturated heterocycles. The highest BCUT2D eigenvalue weighted by Crippen LogP contribution is 2.41. The number of Topliss-reactive ketones (excluding diaryl/α,β-unsaturated/α-hetero) is 1. The van der Waals surface area contributed by atoms with E-state index in [1.165, 1.54) is 4.90 Å². The molecule has 0 unspecified atom stereocenters. The Bertz CT molecular complexity index is 1100. The van der Waals surface area contributed by atoms with E-state index in [0.29, 0.717) is 27.9 Å². The maximum atomic E-state index is 13.6. The molecular formula is C24H21NO3. The van der Waals surface area contributed by atoms with Gasteiger partial charge in [0, 0.05) is 11.3 Å². The molecule has 1 aliphatic rings. The minimum absolute atomic E-state index is 0.0225. The molecule has 1 N–H and O–H groups in total. The van der Waals surface area contributed by atoms with E-state index in [9.17, 15) is 14.7 Å². The molecule has 0 fully saturated rings. The number of carbonyl (C=O) groups excluding carboxylic acids is 2. The molecule has 28 heavy (non-hydrogen) atoms. The fourth-order valence-corrected chi connectivity index (χ4v) is 3.79. The van der Waals surface area contributed by atoms with E-state index in [4.69, 9.17) is 0 Å². The molecule has 1 amide bonds. The number of aromatic hydroxyl groups is 1. The van der Waals surface area contributed by atoms with Crippen molar-refractivity contribution in [1.82, 2.24) is 0 Å². The molecule has 3 aromatic carbocycles. The lowest BCUT2D eigenvalue weighted by atomic mass is 9.92. The molecule has 0 aliphatic carbocycles. The molecule has 0 radical (unpaired) electrons. The zero-order valence-electron chi connectivity index (χ0n) is 16.1. The van der Waals surface area contributed by atoms with E-state index in [1.54, 1.807) is 32.0 Å². The first-order valence-corrected chi connectivity index (χ1v) is 9.22. The lowest BCUT2D eigenvalue weighted by molar-refractivity contribution is 0.0914. The predicted octanol–water partition coefficient (Wildman–Crippen LogP) is 4.90. The number of hydrogen-bond acceptors (Lipinski definition) is 3. The summed E-state index contributed by atoms with van der Waals surface area (Å²) in [4.78, 5) is 28.4. The van der Waals surface area contributed by atoms with Crippen molar-refractivity contribution in [2.45, 2.75) is 26.8 Å². The first-order chi connectivity index (χ1) is 13.4. The smallest absolute Gasteiger partial charge is 0.259 e. The second-order valence-electron chi connectivity index (χ2n) is 7.29. The van der Waals surface area contributed by atoms with Gasteiger partial charge in [0.1, 0.15) is 11.8 Å². The van der Waals surface area contributed by atoms with E-state index in [2.05, 4.69) is 0 Å². The molecule has 0 spiro atoms. The molecule has 0 bridgehead atoms. The van der Waals surface area contributed by atoms with Gasteiger partial charge in [0.15, 0.2) is 5.78 Å². The van der Waals surface area contributed by atoms with Gasteiger partial charge in [0.25, 0.3) is 5.91 Å². The maximum absolute atomic E-state index is 13.6. The van der Waals surface area contributed by atoms with Crippen molar-refractivity contribution < 1.29 is 14.7 Å². The van der Waals surface area contributed by atoms with Crippen LogP contribution in [0, 0.1) is 20.8 Å². The molecule has 4 heteroatoms. The van der Waals surface area contributed by atoms with Gasteiger partial charge in [-0.05, 0) is 55.7 Å². The molecule has 1 heterocycles. The van der Waals surface area contributed by atoms with Crippen LogP contribution < -0.4 is 4.90 Å². The van der Waals surface area contributed by atoms with Gasteiger partial charge in [-0.2, -0.15) is 0 Å². The van der Waals surface area contributed by atoms with Crippen molar-refractivity contribution in [1.29, 1.82) is 0 Å². The van der Waals surface area contributed by atoms with Crippen molar-refractivity contribution in [3.8, 4) is 5.75 Å². The standard InChI is InChI=1S/C24H21NO3/c1-14-8-12-17(13-9-14)25-21(18-6-4-5-7-19(18)24(25)28)23(27)20-15(2)10-11-16(3)22(20)26/h4-13,21,26H,1-3H3/t21-/m0/s1. The lowest BCUT2D eigenvalue weighted by Gasteiger charge is -2.25. The van der Waals surface area contributed by atoms with Crippen molar-refractivity contribution in [2.24, 2.45) is 0 Å². The summed E-state index contributed by atoms with van der Waals surface area (Å²) >= 11 is 0. The molecule has 1 atom stereocenters. The van der Waals surface area contributed by atoms with Gasteiger partial charge in [-0.15, -0.1) is 0 Å². The monoisotopic (exact) mass is 371 g/mol. The van der Waals surface area contributed by atoms with Gasteiger partial charge >= 0.3 is 0 Å². The summed E-state index contributed by atoms with van der Waals surface area (Å²) < 4.78 is 0. The average molecular weight is 371 g/mol. The summed E-state index contributed by atoms with van der Waals surface area (Å²) in [5, 5.41) is 10.6. The second kappa shape index (κ2) is 6.64. The first-order valence-electron chi connectivity index (χ1n) is 9.22. The van der Waals surface area contributed by atoms with E-state index < -0.39 is 6.04 Å². The maximum Gasteiger partial charge on any atom is 0.259 e. The van der Waals surface area contributed by atoms with Crippen molar-refractivity contribution in [3.63, 3.8) is 0 Å². The molecule has 1 aliphatic heterocycles. The number of aryl methyl sites for hydroxylation is 3. The summed E-state index contributed by atoms with van der Waals surface area (Å²) in [7, 11) is 0. The van der Waals surface area contributed by atoms with Crippen LogP contribution in [-0.4, -0.2) is 16.8 Å². The van der Waals surface area contributed by atoms with Crippen molar-refractivity contribution >= 4 is 17.4 Å². The van der Waals surface area contributed by atoms with Gasteiger partial charge in [0.2, 0.25) is 0 Å². The quantitative estimate of drug-likeness (QED) is 0.666. The fourth-order valence-electron chi connectivity index (χ4n) is 3.79. The van der Waals surface area contributed by atoms with Gasteiger partial charge in [-0.3, -0.25) is 14.5 Å². The summed E-state index contributed by atoms with van der Waals surface area (Å²) in [6.45, 7) is 5.53. The number of amides is 1. The zero-order valence-corrected chi connectivity index (χ0v) is 16.1. The van der Waals surface area contributed by atoms with Crippen LogP contribution in [0.4, 0.5) is 5.69 Å². The Morgan fingerprint density at radius 3 is 2.25 bits per heavy atom. The van der Waals surface area contributed by atoms with Gasteiger partial charge < -0.3 is 5.11 Å². The molecule has 0 aromatic heterocycles. The van der Waals surface area contributed by atoms with Crippen LogP contribution in [0.15, 0.2) is 60.7 Å². The van der Waals surface area contributed by atoms with Crippen molar-refractivity contribution in [3.05, 3.63) is 94.0 Å². The van der Waals surface area contributed by atoms with Crippen LogP contribution in [-0.2, 0) is 0 Å². The van der Waals surface area contributed by atoms with Gasteiger partial charge in [-0.1, -0.05) is 48.0 Å². The third kappa shape index (κ3) is 2.69. The zero-order chi connectivity index (χ0) is 20.0. The summed E-state index contributed by atoms with van der Waals surface area (Å²) in [5.41, 5.74) is 4.51. The van der Waals surface area contributed by atoms with Crippen LogP contribution in [0.5, 0.6) is 5.75 Å². The number of phenols is 1. The van der Waals surface area contributed by atoms with E-state index in [0.717, 1.165) is 5.56 Å². The Balaban J connectivity index is 1.91. The number of nitrogens with zero attached hydrogens (tertiary/aromatic N) is 1. The first kappa shape index (κ1) is 18.0. The topological polar surface area (TPSA) is 57.6 Å². The number of rotatable bonds is 3. The molecule has 140 valence electrons. The normalized spacial score (nSPS) is 15.6. The SMILES string of the molecule is Cc1ccc(N2C(=O)c3ccccc3[C@H]2C(=O)c2c(C)ccc(C)c2O)cc1. The Labute approximate surface area is 164 Å². The highest BCUT2D eigenvalue weighted by Gasteiger charge is 2.43. The number of anilines is 1. The van der Waals surface area contributed by atoms with Crippen LogP contribution in [0.3, 0.4) is 0 Å². The number of phenolic OH excluding ortho intramolecular Hbond substituents is 1. The molecule has 4 rings (SSSR count). The van der Waals surface area contributed by atoms with E-state index in [-0.39, 0.29) is 23.0 Å². The number of benzene rings is 3. The number of fused-ring (bicyclic) bond motifs is 1. The Morgan fingerprint density at radius 1 is 0.893 bits per heavy atom. The van der Waals surface area contributed by atoms with Crippen molar-refractivity contribution in [2.75, 3.05) is 4.90 Å². The minimum Gasteiger partial charge on any atom is -0.507 e. The summed E-state index contributed by atoms with van der Waals surface area (Å²) in [6, 6.07) is 17.5. The van der Waals surface area contributed by atoms with Crippen LogP contribution in [0.1, 0.15) is 49.0 Å². The minimum atomic E-state index is -0.808. The van der Waals surface area contributed by atoms with Crippen LogP contribution in [0.2, 0.25) is 0 Å². The summed E-state index contributed by atoms with van der Waals surface area (Å²) in [5.74, 6) is -0.508. The Kier molecular flexibility index (Phi) is 4.27. The molecule has 3 aromatic rings. The highest BCUT2D eigenvalue weighted by molar-refractivity contribution is 6.19. The average Bonchev–Trinajstić information content (AvgIpc) is 2.98. The lowest BCUT2D eigenvalue weighted by Crippen LogP contribution is -2.33. The molecule has 4 nitrogen and oxygen atoms in total. The van der Waals surface area contributed by atoms with E-state index >= 15 is 0 Å². The number of hydrogen-bond donors (Lipinski definition) is 1. The largest absolute Gasteiger partial charge is 0.507 e. The molecular weight excluding hydrogens is 350 g/mol. The Morgan fingerprint density at radius 2 is 1.54 bits per heavy atom. The van der Waals surface area contributed by atoms with Crippen LogP contribution in [0.25, 0.3) is 0 Å². The van der Waals surface area contributed by atoms with Gasteiger partial charge in [0.05, 0.1) is 5.56 Å².